The Bertz CT molecular complexity index is 1070. The van der Waals surface area contributed by atoms with Gasteiger partial charge >= 0.3 is 5.97 Å². The summed E-state index contributed by atoms with van der Waals surface area (Å²) in [6.07, 6.45) is 4.55. The maximum Gasteiger partial charge on any atom is 0.334 e. The number of nitrogens with two attached hydrogens (primary N) is 1. The van der Waals surface area contributed by atoms with Crippen molar-refractivity contribution >= 4 is 17.8 Å². The summed E-state index contributed by atoms with van der Waals surface area (Å²) in [6, 6.07) is 1.71. The summed E-state index contributed by atoms with van der Waals surface area (Å²) >= 11 is 0. The van der Waals surface area contributed by atoms with E-state index in [4.69, 9.17) is 10.5 Å². The van der Waals surface area contributed by atoms with Crippen molar-refractivity contribution in [2.75, 3.05) is 26.2 Å². The molecule has 0 aliphatic heterocycles. The summed E-state index contributed by atoms with van der Waals surface area (Å²) in [5.41, 5.74) is 7.85. The lowest BCUT2D eigenvalue weighted by Gasteiger charge is -2.29. The topological polar surface area (TPSA) is 114 Å². The van der Waals surface area contributed by atoms with Crippen molar-refractivity contribution in [1.82, 2.24) is 15.5 Å². The van der Waals surface area contributed by atoms with E-state index >= 15 is 0 Å². The maximum absolute atomic E-state index is 13.8. The van der Waals surface area contributed by atoms with Crippen LogP contribution < -0.4 is 16.4 Å². The molecular weight excluding hydrogens is 518 g/mol. The predicted octanol–water partition coefficient (Wildman–Crippen LogP) is 3.40. The first kappa shape index (κ1) is 33.1. The Morgan fingerprint density at radius 1 is 1.10 bits per heavy atom. The number of carbonyl (C=O) groups excluding carboxylic acids is 3. The first-order valence-electron chi connectivity index (χ1n) is 14.1. The number of benzene rings is 1. The summed E-state index contributed by atoms with van der Waals surface area (Å²) in [7, 11) is 0. The van der Waals surface area contributed by atoms with Crippen molar-refractivity contribution in [3.8, 4) is 0 Å². The zero-order chi connectivity index (χ0) is 29.8. The number of rotatable bonds is 15. The second kappa shape index (κ2) is 16.2. The van der Waals surface area contributed by atoms with Gasteiger partial charge in [0.25, 0.3) is 0 Å². The standard InChI is InChI=1S/C30H44F2N4O4/c1-6-9-36(10-7-2)29(38)22-11-19(4)12-23(16-22)30(39)40-27(18-35-20(5)28(37)34-8-3)26(33)15-21-13-24(31)17-25(32)14-21/h11-14,17,20,22,26-27,35H,6-10,15-16,18,33H2,1-5H3,(H,34,37)/t20-,22?,26-,27+/m0/s1. The highest BCUT2D eigenvalue weighted by Crippen LogP contribution is 2.26. The minimum Gasteiger partial charge on any atom is -0.456 e. The van der Waals surface area contributed by atoms with Crippen molar-refractivity contribution in [2.24, 2.45) is 11.7 Å². The number of esters is 1. The summed E-state index contributed by atoms with van der Waals surface area (Å²) in [5, 5.41) is 5.75. The average Bonchev–Trinajstić information content (AvgIpc) is 2.89. The molecule has 0 radical (unpaired) electrons. The second-order valence-electron chi connectivity index (χ2n) is 10.3. The number of likely N-dealkylation sites (N-methyl/N-ethyl adjacent to an activating group) is 1. The van der Waals surface area contributed by atoms with Crippen LogP contribution in [0.5, 0.6) is 0 Å². The zero-order valence-electron chi connectivity index (χ0n) is 24.3. The first-order valence-corrected chi connectivity index (χ1v) is 14.1. The van der Waals surface area contributed by atoms with E-state index in [1.165, 1.54) is 12.1 Å². The lowest BCUT2D eigenvalue weighted by atomic mass is 9.89. The summed E-state index contributed by atoms with van der Waals surface area (Å²) in [5.74, 6) is -2.83. The molecule has 10 heteroatoms. The van der Waals surface area contributed by atoms with Crippen molar-refractivity contribution in [3.05, 3.63) is 58.7 Å². The highest BCUT2D eigenvalue weighted by molar-refractivity contribution is 5.92. The predicted molar refractivity (Wildman–Crippen MR) is 151 cm³/mol. The van der Waals surface area contributed by atoms with E-state index in [-0.39, 0.29) is 31.2 Å². The number of amides is 2. The minimum absolute atomic E-state index is 0.0275. The number of allylic oxidation sites excluding steroid dienone is 2. The van der Waals surface area contributed by atoms with Crippen LogP contribution in [-0.2, 0) is 25.5 Å². The Hall–Kier alpha value is -3.11. The fourth-order valence-corrected chi connectivity index (χ4v) is 4.74. The maximum atomic E-state index is 13.8. The fourth-order valence-electron chi connectivity index (χ4n) is 4.74. The zero-order valence-corrected chi connectivity index (χ0v) is 24.3. The van der Waals surface area contributed by atoms with Gasteiger partial charge in [-0.25, -0.2) is 13.6 Å². The third-order valence-corrected chi connectivity index (χ3v) is 6.68. The number of nitrogens with one attached hydrogen (secondary N) is 2. The SMILES string of the molecule is CCCN(CCC)C(=O)C1C=C(C)C=C(C(=O)O[C@H](CN[C@@H](C)C(=O)NCC)[C@@H](N)Cc2cc(F)cc(F)c2)C1. The molecule has 1 aromatic carbocycles. The molecule has 0 aromatic heterocycles. The molecule has 0 bridgehead atoms. The van der Waals surface area contributed by atoms with Crippen LogP contribution in [0, 0.1) is 17.6 Å². The van der Waals surface area contributed by atoms with Crippen molar-refractivity contribution in [2.45, 2.75) is 78.5 Å². The van der Waals surface area contributed by atoms with Gasteiger partial charge in [-0.3, -0.25) is 9.59 Å². The van der Waals surface area contributed by atoms with E-state index in [0.29, 0.717) is 30.8 Å². The lowest BCUT2D eigenvalue weighted by Crippen LogP contribution is -2.51. The van der Waals surface area contributed by atoms with Crippen LogP contribution in [0.25, 0.3) is 0 Å². The summed E-state index contributed by atoms with van der Waals surface area (Å²) in [6.45, 7) is 11.1. The number of nitrogens with zero attached hydrogens (tertiary/aromatic N) is 1. The molecule has 1 aliphatic rings. The molecular formula is C30H44F2N4O4. The van der Waals surface area contributed by atoms with E-state index in [1.54, 1.807) is 19.9 Å². The monoisotopic (exact) mass is 562 g/mol. The number of carbonyl (C=O) groups is 3. The average molecular weight is 563 g/mol. The Morgan fingerprint density at radius 3 is 2.30 bits per heavy atom. The van der Waals surface area contributed by atoms with Crippen molar-refractivity contribution < 1.29 is 27.9 Å². The molecule has 2 rings (SSSR count). The van der Waals surface area contributed by atoms with Gasteiger partial charge in [-0.05, 0) is 70.2 Å². The Balaban J connectivity index is 2.21. The molecule has 222 valence electrons. The van der Waals surface area contributed by atoms with Gasteiger partial charge < -0.3 is 26.0 Å². The normalized spacial score (nSPS) is 17.2. The molecule has 0 heterocycles. The smallest absolute Gasteiger partial charge is 0.334 e. The van der Waals surface area contributed by atoms with Crippen LogP contribution in [-0.4, -0.2) is 67.1 Å². The molecule has 2 amide bonds. The lowest BCUT2D eigenvalue weighted by molar-refractivity contribution is -0.145. The van der Waals surface area contributed by atoms with Gasteiger partial charge in [-0.1, -0.05) is 25.5 Å². The molecule has 4 N–H and O–H groups in total. The van der Waals surface area contributed by atoms with Crippen molar-refractivity contribution in [1.29, 1.82) is 0 Å². The van der Waals surface area contributed by atoms with Crippen LogP contribution in [0.1, 0.15) is 59.4 Å². The van der Waals surface area contributed by atoms with Gasteiger partial charge in [0.1, 0.15) is 17.7 Å². The van der Waals surface area contributed by atoms with E-state index in [1.807, 2.05) is 31.7 Å². The number of halogens is 2. The molecule has 0 saturated heterocycles. The minimum atomic E-state index is -0.923. The quantitative estimate of drug-likeness (QED) is 0.283. The number of hydrogen-bond donors (Lipinski definition) is 3. The Labute approximate surface area is 236 Å². The Kier molecular flexibility index (Phi) is 13.4. The molecule has 40 heavy (non-hydrogen) atoms. The van der Waals surface area contributed by atoms with Gasteiger partial charge in [-0.2, -0.15) is 0 Å². The molecule has 0 fully saturated rings. The van der Waals surface area contributed by atoms with Gasteiger partial charge in [0.05, 0.1) is 12.0 Å². The van der Waals surface area contributed by atoms with Crippen LogP contribution in [0.3, 0.4) is 0 Å². The number of hydrogen-bond acceptors (Lipinski definition) is 6. The molecule has 8 nitrogen and oxygen atoms in total. The van der Waals surface area contributed by atoms with E-state index < -0.39 is 41.7 Å². The number of ether oxygens (including phenoxy) is 1. The molecule has 1 aliphatic carbocycles. The first-order chi connectivity index (χ1) is 19.0. The van der Waals surface area contributed by atoms with Crippen molar-refractivity contribution in [3.63, 3.8) is 0 Å². The molecule has 4 atom stereocenters. The van der Waals surface area contributed by atoms with E-state index in [0.717, 1.165) is 24.5 Å². The third kappa shape index (κ3) is 10.1. The fraction of sp³-hybridized carbons (Fsp3) is 0.567. The van der Waals surface area contributed by atoms with Crippen LogP contribution in [0.4, 0.5) is 8.78 Å². The molecule has 0 spiro atoms. The van der Waals surface area contributed by atoms with Gasteiger partial charge in [0.15, 0.2) is 0 Å². The van der Waals surface area contributed by atoms with Crippen LogP contribution in [0.15, 0.2) is 41.5 Å². The summed E-state index contributed by atoms with van der Waals surface area (Å²) < 4.78 is 33.4. The van der Waals surface area contributed by atoms with Crippen LogP contribution >= 0.6 is 0 Å². The largest absolute Gasteiger partial charge is 0.456 e. The van der Waals surface area contributed by atoms with Crippen LogP contribution in [0.2, 0.25) is 0 Å². The molecule has 1 aromatic rings. The third-order valence-electron chi connectivity index (χ3n) is 6.68. The molecule has 0 saturated carbocycles. The molecule has 1 unspecified atom stereocenters. The van der Waals surface area contributed by atoms with E-state index in [9.17, 15) is 23.2 Å². The second-order valence-corrected chi connectivity index (χ2v) is 10.3. The highest BCUT2D eigenvalue weighted by Gasteiger charge is 2.31. The van der Waals surface area contributed by atoms with Gasteiger partial charge in [-0.15, -0.1) is 0 Å². The van der Waals surface area contributed by atoms with Gasteiger partial charge in [0, 0.05) is 43.9 Å². The summed E-state index contributed by atoms with van der Waals surface area (Å²) in [4.78, 5) is 40.6. The Morgan fingerprint density at radius 2 is 1.73 bits per heavy atom. The van der Waals surface area contributed by atoms with Gasteiger partial charge in [0.2, 0.25) is 11.8 Å². The van der Waals surface area contributed by atoms with E-state index in [2.05, 4.69) is 10.6 Å². The highest BCUT2D eigenvalue weighted by atomic mass is 19.1.